The Morgan fingerprint density at radius 2 is 0.743 bits per heavy atom. The first-order valence-corrected chi connectivity index (χ1v) is 34.7. The van der Waals surface area contributed by atoms with E-state index in [2.05, 4.69) is 187 Å². The number of unbranched alkanes of at least 4 members (excludes halogenated alkanes) is 6. The largest absolute Gasteiger partial charge is 0.0654 e. The lowest BCUT2D eigenvalue weighted by Gasteiger charge is -2.32. The molecule has 0 aromatic heterocycles. The first-order valence-electron chi connectivity index (χ1n) is 34.7. The molecule has 0 amide bonds. The molecule has 0 aromatic carbocycles. The molecule has 0 N–H and O–H groups in total. The van der Waals surface area contributed by atoms with Crippen LogP contribution in [-0.4, -0.2) is 0 Å². The maximum absolute atomic E-state index is 2.39. The van der Waals surface area contributed by atoms with Gasteiger partial charge in [-0.2, -0.15) is 0 Å². The Morgan fingerprint density at radius 3 is 0.892 bits per heavy atom. The van der Waals surface area contributed by atoms with Gasteiger partial charge in [-0.25, -0.2) is 0 Å². The van der Waals surface area contributed by atoms with Gasteiger partial charge in [-0.15, -0.1) is 0 Å². The van der Waals surface area contributed by atoms with Crippen molar-refractivity contribution in [3.63, 3.8) is 0 Å². The van der Waals surface area contributed by atoms with Gasteiger partial charge in [0, 0.05) is 0 Å². The molecule has 4 rings (SSSR count). The van der Waals surface area contributed by atoms with Crippen LogP contribution in [0, 0.1) is 75.9 Å². The monoisotopic (exact) mass is 1050 g/mol. The Bertz CT molecular complexity index is 916. The summed E-state index contributed by atoms with van der Waals surface area (Å²) in [6.45, 7) is 61.9. The van der Waals surface area contributed by atoms with Crippen molar-refractivity contribution in [3.8, 4) is 0 Å². The van der Waals surface area contributed by atoms with E-state index in [1.165, 1.54) is 218 Å². The van der Waals surface area contributed by atoms with E-state index in [-0.39, 0.29) is 0 Å². The number of rotatable bonds is 19. The zero-order valence-electron chi connectivity index (χ0n) is 58.4. The van der Waals surface area contributed by atoms with Gasteiger partial charge >= 0.3 is 0 Å². The van der Waals surface area contributed by atoms with E-state index >= 15 is 0 Å². The lowest BCUT2D eigenvalue weighted by Crippen LogP contribution is -2.19. The third-order valence-electron chi connectivity index (χ3n) is 17.3. The van der Waals surface area contributed by atoms with Crippen molar-refractivity contribution in [2.75, 3.05) is 0 Å². The van der Waals surface area contributed by atoms with E-state index < -0.39 is 0 Å². The van der Waals surface area contributed by atoms with Crippen molar-refractivity contribution in [2.24, 2.45) is 75.9 Å². The average Bonchev–Trinajstić information content (AvgIpc) is 3.88. The van der Waals surface area contributed by atoms with Crippen LogP contribution in [0.15, 0.2) is 0 Å². The van der Waals surface area contributed by atoms with E-state index in [0.717, 1.165) is 65.1 Å². The molecule has 4 saturated carbocycles. The summed E-state index contributed by atoms with van der Waals surface area (Å²) >= 11 is 0. The second-order valence-electron chi connectivity index (χ2n) is 28.6. The molecular formula is C74H160. The van der Waals surface area contributed by atoms with Crippen LogP contribution in [0.25, 0.3) is 0 Å². The smallest absolute Gasteiger partial charge is 0.0354 e. The second kappa shape index (κ2) is 60.6. The van der Waals surface area contributed by atoms with Gasteiger partial charge in [0.15, 0.2) is 0 Å². The van der Waals surface area contributed by atoms with Gasteiger partial charge in [-0.1, -0.05) is 386 Å². The van der Waals surface area contributed by atoms with Crippen LogP contribution in [0.2, 0.25) is 0 Å². The van der Waals surface area contributed by atoms with Crippen molar-refractivity contribution in [1.82, 2.24) is 0 Å². The minimum absolute atomic E-state index is 0.550. The fraction of sp³-hybridized carbons (Fsp3) is 1.00. The summed E-state index contributed by atoms with van der Waals surface area (Å²) in [7, 11) is 0. The van der Waals surface area contributed by atoms with Crippen LogP contribution in [-0.2, 0) is 0 Å². The topological polar surface area (TPSA) is 0 Å². The fourth-order valence-corrected chi connectivity index (χ4v) is 9.99. The highest BCUT2D eigenvalue weighted by Gasteiger charge is 2.24. The van der Waals surface area contributed by atoms with Crippen LogP contribution in [0.5, 0.6) is 0 Å². The highest BCUT2D eigenvalue weighted by molar-refractivity contribution is 4.76. The van der Waals surface area contributed by atoms with Gasteiger partial charge in [0.25, 0.3) is 0 Å². The molecule has 0 saturated heterocycles. The fourth-order valence-electron chi connectivity index (χ4n) is 9.99. The minimum atomic E-state index is 0.550. The Labute approximate surface area is 478 Å². The van der Waals surface area contributed by atoms with Crippen molar-refractivity contribution in [2.45, 2.75) is 405 Å². The standard InChI is InChI=1S/C9H18.2C8H16.C7H14.6C7H16/c1-8-4-6-9(2,3)7-5-8;1-7-5-3-4-6-8(7)2;1-7(2)8-5-3-4-6-8;1-6(2)7-4-3-5-7;1-5-6-7(2,3)4;2*1-4-5-6-7(2)3;1-4-6-7(3)5-2;1-4-7(5-2)6-3;1-3-5-7-6-4-2/h8H,4-7H2,1-3H3;2*7-8H,3-6H2,1-2H3;6-7H,3-5H2,1-2H3;5-6H2,1-4H3;4*7H,4-6H2,1-3H3;3-7H2,1-2H3/t;7-,8?;;;;;;7-;;/m.1.....1../s1. The summed E-state index contributed by atoms with van der Waals surface area (Å²) in [4.78, 5) is 0. The summed E-state index contributed by atoms with van der Waals surface area (Å²) < 4.78 is 0. The molecule has 4 aliphatic rings. The quantitative estimate of drug-likeness (QED) is 0.113. The summed E-state index contributed by atoms with van der Waals surface area (Å²) in [6, 6.07) is 0. The zero-order chi connectivity index (χ0) is 58.4. The molecule has 4 fully saturated rings. The van der Waals surface area contributed by atoms with E-state index in [4.69, 9.17) is 0 Å². The van der Waals surface area contributed by atoms with E-state index in [9.17, 15) is 0 Å². The Kier molecular flexibility index (Phi) is 69.9. The minimum Gasteiger partial charge on any atom is -0.0654 e. The molecule has 456 valence electrons. The van der Waals surface area contributed by atoms with Crippen LogP contribution in [0.3, 0.4) is 0 Å². The molecule has 0 nitrogen and oxygen atoms in total. The first-order chi connectivity index (χ1) is 34.7. The Morgan fingerprint density at radius 1 is 0.392 bits per heavy atom. The maximum Gasteiger partial charge on any atom is -0.0354 e. The van der Waals surface area contributed by atoms with Gasteiger partial charge in [-0.05, 0) is 95.2 Å². The zero-order valence-corrected chi connectivity index (χ0v) is 58.4. The molecule has 0 spiro atoms. The van der Waals surface area contributed by atoms with E-state index in [1.807, 2.05) is 0 Å². The van der Waals surface area contributed by atoms with E-state index in [0.29, 0.717) is 10.8 Å². The average molecular weight is 1050 g/mol. The molecule has 0 aromatic rings. The van der Waals surface area contributed by atoms with E-state index in [1.54, 1.807) is 0 Å². The molecular weight excluding hydrogens is 889 g/mol. The Hall–Kier alpha value is 0. The molecule has 0 radical (unpaired) electrons. The summed E-state index contributed by atoms with van der Waals surface area (Å²) in [5.41, 5.74) is 1.21. The molecule has 0 heterocycles. The Balaban J connectivity index is -0.000000174. The molecule has 1 unspecified atom stereocenters. The van der Waals surface area contributed by atoms with Crippen molar-refractivity contribution in [1.29, 1.82) is 0 Å². The SMILES string of the molecule is CC(C)C1CCC1.CC(C)C1CCCC1.CC1CCC(C)(C)CC1.CC1CCCC[C@H]1C.CCC(CC)CC.CCCC(C)(C)C.CCCCC(C)C.CCCCC(C)C.CCCCCCC.CCC[C@H](C)CC. The number of hydrogen-bond donors (Lipinski definition) is 0. The molecule has 3 atom stereocenters. The molecule has 4 aliphatic carbocycles. The maximum atomic E-state index is 2.39. The van der Waals surface area contributed by atoms with Crippen LogP contribution in [0.4, 0.5) is 0 Å². The molecule has 0 aliphatic heterocycles. The lowest BCUT2D eigenvalue weighted by atomic mass is 9.74. The summed E-state index contributed by atoms with van der Waals surface area (Å²) in [5, 5.41) is 0. The number of hydrogen-bond acceptors (Lipinski definition) is 0. The predicted octanol–water partition coefficient (Wildman–Crippen LogP) is 28.5. The van der Waals surface area contributed by atoms with Crippen LogP contribution >= 0.6 is 0 Å². The third-order valence-corrected chi connectivity index (χ3v) is 17.3. The van der Waals surface area contributed by atoms with Crippen molar-refractivity contribution in [3.05, 3.63) is 0 Å². The highest BCUT2D eigenvalue weighted by Crippen LogP contribution is 2.37. The van der Waals surface area contributed by atoms with Gasteiger partial charge in [0.1, 0.15) is 0 Å². The normalized spacial score (nSPS) is 18.6. The summed E-state index contributed by atoms with van der Waals surface area (Å²) in [6.07, 6.45) is 48.2. The third kappa shape index (κ3) is 72.0. The lowest BCUT2D eigenvalue weighted by molar-refractivity contribution is 0.201. The van der Waals surface area contributed by atoms with Gasteiger partial charge < -0.3 is 0 Å². The van der Waals surface area contributed by atoms with Crippen molar-refractivity contribution >= 4 is 0 Å². The van der Waals surface area contributed by atoms with Crippen LogP contribution in [0.1, 0.15) is 405 Å². The van der Waals surface area contributed by atoms with Crippen LogP contribution < -0.4 is 0 Å². The van der Waals surface area contributed by atoms with Crippen molar-refractivity contribution < 1.29 is 0 Å². The van der Waals surface area contributed by atoms with Gasteiger partial charge in [0.05, 0.1) is 0 Å². The highest BCUT2D eigenvalue weighted by atomic mass is 14.3. The first kappa shape index (κ1) is 85.3. The molecule has 74 heavy (non-hydrogen) atoms. The second-order valence-corrected chi connectivity index (χ2v) is 28.6. The molecule has 0 bridgehead atoms. The van der Waals surface area contributed by atoms with Gasteiger partial charge in [0.2, 0.25) is 0 Å². The van der Waals surface area contributed by atoms with Gasteiger partial charge in [-0.3, -0.25) is 0 Å². The molecule has 0 heteroatoms. The predicted molar refractivity (Wildman–Crippen MR) is 353 cm³/mol. The summed E-state index contributed by atoms with van der Waals surface area (Å²) in [5.74, 6) is 10.8.